The molecule has 5 N–H and O–H groups in total. The zero-order valence-corrected chi connectivity index (χ0v) is 13.4. The van der Waals surface area contributed by atoms with Crippen LogP contribution in [0.3, 0.4) is 0 Å². The maximum Gasteiger partial charge on any atom is 0.248 e. The van der Waals surface area contributed by atoms with Crippen LogP contribution in [0.4, 0.5) is 0 Å². The van der Waals surface area contributed by atoms with Crippen molar-refractivity contribution in [2.45, 2.75) is 49.0 Å². The van der Waals surface area contributed by atoms with Crippen LogP contribution in [0.25, 0.3) is 0 Å². The molecule has 0 heterocycles. The summed E-state index contributed by atoms with van der Waals surface area (Å²) in [5, 5.41) is 0. The normalized spacial score (nSPS) is 18.6. The molecule has 0 atom stereocenters. The Balaban J connectivity index is 2.05. The topological polar surface area (TPSA) is 115 Å². The molecular weight excluding hydrogens is 302 g/mol. The number of primary amides is 1. The molecule has 1 aromatic rings. The second-order valence-corrected chi connectivity index (χ2v) is 7.76. The Morgan fingerprint density at radius 3 is 2.14 bits per heavy atom. The molecule has 0 spiro atoms. The number of carbonyl (C=O) groups is 1. The third-order valence-electron chi connectivity index (χ3n) is 4.16. The summed E-state index contributed by atoms with van der Waals surface area (Å²) in [5.41, 5.74) is 11.3. The van der Waals surface area contributed by atoms with E-state index in [0.717, 1.165) is 38.5 Å². The molecular formula is C15H23N3O3S. The van der Waals surface area contributed by atoms with Gasteiger partial charge in [-0.2, -0.15) is 0 Å². The van der Waals surface area contributed by atoms with Gasteiger partial charge in [0.2, 0.25) is 15.9 Å². The zero-order chi connectivity index (χ0) is 16.2. The van der Waals surface area contributed by atoms with Crippen molar-refractivity contribution < 1.29 is 13.2 Å². The molecule has 122 valence electrons. The Hall–Kier alpha value is -1.44. The molecule has 1 aliphatic rings. The van der Waals surface area contributed by atoms with E-state index < -0.39 is 21.5 Å². The molecule has 7 heteroatoms. The first-order valence-corrected chi connectivity index (χ1v) is 8.99. The van der Waals surface area contributed by atoms with Crippen LogP contribution in [0.2, 0.25) is 0 Å². The van der Waals surface area contributed by atoms with Crippen LogP contribution in [0.5, 0.6) is 0 Å². The van der Waals surface area contributed by atoms with Gasteiger partial charge in [0.05, 0.1) is 4.90 Å². The fourth-order valence-corrected chi connectivity index (χ4v) is 3.87. The molecule has 1 saturated carbocycles. The highest BCUT2D eigenvalue weighted by Crippen LogP contribution is 2.24. The molecule has 0 aromatic heterocycles. The van der Waals surface area contributed by atoms with E-state index in [9.17, 15) is 13.2 Å². The van der Waals surface area contributed by atoms with E-state index in [2.05, 4.69) is 4.72 Å². The molecule has 0 radical (unpaired) electrons. The summed E-state index contributed by atoms with van der Waals surface area (Å²) in [6.45, 7) is 0.229. The Morgan fingerprint density at radius 2 is 1.64 bits per heavy atom. The highest BCUT2D eigenvalue weighted by atomic mass is 32.2. The van der Waals surface area contributed by atoms with Gasteiger partial charge in [0, 0.05) is 17.6 Å². The Kier molecular flexibility index (Phi) is 5.20. The van der Waals surface area contributed by atoms with Crippen molar-refractivity contribution in [2.24, 2.45) is 11.5 Å². The predicted molar refractivity (Wildman–Crippen MR) is 84.8 cm³/mol. The number of nitrogens with two attached hydrogens (primary N) is 2. The van der Waals surface area contributed by atoms with Gasteiger partial charge in [-0.05, 0) is 37.1 Å². The second-order valence-electron chi connectivity index (χ2n) is 5.99. The first kappa shape index (κ1) is 16.9. The molecule has 1 amide bonds. The Bertz CT molecular complexity index is 618. The summed E-state index contributed by atoms with van der Waals surface area (Å²) < 4.78 is 27.2. The number of carbonyl (C=O) groups excluding carboxylic acids is 1. The minimum absolute atomic E-state index is 0.106. The average Bonchev–Trinajstić information content (AvgIpc) is 2.71. The summed E-state index contributed by atoms with van der Waals surface area (Å²) in [7, 11) is -3.63. The van der Waals surface area contributed by atoms with Gasteiger partial charge in [-0.25, -0.2) is 13.1 Å². The van der Waals surface area contributed by atoms with Crippen LogP contribution in [0.1, 0.15) is 48.9 Å². The number of nitrogens with one attached hydrogen (secondary N) is 1. The molecule has 1 aromatic carbocycles. The number of rotatable bonds is 5. The van der Waals surface area contributed by atoms with Crippen LogP contribution in [0.15, 0.2) is 29.2 Å². The van der Waals surface area contributed by atoms with Crippen LogP contribution >= 0.6 is 0 Å². The van der Waals surface area contributed by atoms with Crippen molar-refractivity contribution >= 4 is 15.9 Å². The van der Waals surface area contributed by atoms with Crippen molar-refractivity contribution in [1.29, 1.82) is 0 Å². The largest absolute Gasteiger partial charge is 0.366 e. The van der Waals surface area contributed by atoms with Crippen LogP contribution < -0.4 is 16.2 Å². The molecule has 22 heavy (non-hydrogen) atoms. The summed E-state index contributed by atoms with van der Waals surface area (Å²) in [4.78, 5) is 11.1. The fourth-order valence-electron chi connectivity index (χ4n) is 2.73. The van der Waals surface area contributed by atoms with Crippen molar-refractivity contribution in [2.75, 3.05) is 6.54 Å². The van der Waals surface area contributed by atoms with Gasteiger partial charge < -0.3 is 11.5 Å². The first-order chi connectivity index (χ1) is 10.3. The average molecular weight is 325 g/mol. The van der Waals surface area contributed by atoms with Gasteiger partial charge in [-0.1, -0.05) is 25.7 Å². The number of hydrogen-bond acceptors (Lipinski definition) is 4. The van der Waals surface area contributed by atoms with Crippen LogP contribution in [-0.2, 0) is 10.0 Å². The summed E-state index contributed by atoms with van der Waals surface area (Å²) in [6.07, 6.45) is 6.03. The minimum atomic E-state index is -3.63. The zero-order valence-electron chi connectivity index (χ0n) is 12.5. The molecule has 0 bridgehead atoms. The predicted octanol–water partition coefficient (Wildman–Crippen LogP) is 1.12. The smallest absolute Gasteiger partial charge is 0.248 e. The standard InChI is InChI=1S/C15H23N3O3S/c16-14(19)12-5-7-13(8-6-12)22(20,21)18-11-15(17)9-3-1-2-4-10-15/h5-8,18H,1-4,9-11,17H2,(H2,16,19). The van der Waals surface area contributed by atoms with Gasteiger partial charge in [-0.15, -0.1) is 0 Å². The number of sulfonamides is 1. The summed E-state index contributed by atoms with van der Waals surface area (Å²) in [6, 6.07) is 5.55. The third kappa shape index (κ3) is 4.28. The molecule has 0 saturated heterocycles. The lowest BCUT2D eigenvalue weighted by atomic mass is 9.92. The number of amides is 1. The Morgan fingerprint density at radius 1 is 1.09 bits per heavy atom. The lowest BCUT2D eigenvalue weighted by molar-refractivity contribution is 0.1000. The van der Waals surface area contributed by atoms with E-state index in [1.54, 1.807) is 0 Å². The van der Waals surface area contributed by atoms with E-state index >= 15 is 0 Å². The van der Waals surface area contributed by atoms with Gasteiger partial charge in [0.1, 0.15) is 0 Å². The van der Waals surface area contributed by atoms with Gasteiger partial charge in [0.15, 0.2) is 0 Å². The van der Waals surface area contributed by atoms with E-state index in [-0.39, 0.29) is 17.0 Å². The van der Waals surface area contributed by atoms with Gasteiger partial charge in [-0.3, -0.25) is 4.79 Å². The molecule has 0 aliphatic heterocycles. The summed E-state index contributed by atoms with van der Waals surface area (Å²) >= 11 is 0. The second kappa shape index (κ2) is 6.76. The van der Waals surface area contributed by atoms with Crippen molar-refractivity contribution in [3.8, 4) is 0 Å². The van der Waals surface area contributed by atoms with Gasteiger partial charge >= 0.3 is 0 Å². The van der Waals surface area contributed by atoms with E-state index in [0.29, 0.717) is 0 Å². The van der Waals surface area contributed by atoms with Crippen molar-refractivity contribution in [3.05, 3.63) is 29.8 Å². The maximum atomic E-state index is 12.3. The maximum absolute atomic E-state index is 12.3. The van der Waals surface area contributed by atoms with E-state index in [1.807, 2.05) is 0 Å². The molecule has 1 fully saturated rings. The van der Waals surface area contributed by atoms with Crippen molar-refractivity contribution in [3.63, 3.8) is 0 Å². The summed E-state index contributed by atoms with van der Waals surface area (Å²) in [5.74, 6) is -0.587. The van der Waals surface area contributed by atoms with E-state index in [4.69, 9.17) is 11.5 Å². The Labute approximate surface area is 131 Å². The first-order valence-electron chi connectivity index (χ1n) is 7.51. The van der Waals surface area contributed by atoms with E-state index in [1.165, 1.54) is 24.3 Å². The molecule has 6 nitrogen and oxygen atoms in total. The van der Waals surface area contributed by atoms with Crippen molar-refractivity contribution in [1.82, 2.24) is 4.72 Å². The van der Waals surface area contributed by atoms with Gasteiger partial charge in [0.25, 0.3) is 0 Å². The fraction of sp³-hybridized carbons (Fsp3) is 0.533. The lowest BCUT2D eigenvalue weighted by Gasteiger charge is -2.28. The quantitative estimate of drug-likeness (QED) is 0.703. The number of hydrogen-bond donors (Lipinski definition) is 3. The van der Waals surface area contributed by atoms with Crippen LogP contribution in [-0.4, -0.2) is 26.4 Å². The monoisotopic (exact) mass is 325 g/mol. The molecule has 0 unspecified atom stereocenters. The van der Waals surface area contributed by atoms with Crippen LogP contribution in [0, 0.1) is 0 Å². The minimum Gasteiger partial charge on any atom is -0.366 e. The SMILES string of the molecule is NC(=O)c1ccc(S(=O)(=O)NCC2(N)CCCCCC2)cc1. The molecule has 2 rings (SSSR count). The lowest BCUT2D eigenvalue weighted by Crippen LogP contribution is -2.49. The highest BCUT2D eigenvalue weighted by molar-refractivity contribution is 7.89. The molecule has 1 aliphatic carbocycles. The number of benzene rings is 1. The third-order valence-corrected chi connectivity index (χ3v) is 5.58. The highest BCUT2D eigenvalue weighted by Gasteiger charge is 2.28.